The van der Waals surface area contributed by atoms with Crippen LogP contribution in [0.2, 0.25) is 0 Å². The van der Waals surface area contributed by atoms with Crippen molar-refractivity contribution >= 4 is 54.5 Å². The van der Waals surface area contributed by atoms with Crippen LogP contribution in [0.25, 0.3) is 87.8 Å². The summed E-state index contributed by atoms with van der Waals surface area (Å²) in [6.07, 6.45) is 1.73. The molecule has 0 atom stereocenters. The van der Waals surface area contributed by atoms with Gasteiger partial charge in [-0.3, -0.25) is 0 Å². The van der Waals surface area contributed by atoms with Gasteiger partial charge in [0, 0.05) is 16.2 Å². The number of rotatable bonds is 3. The molecular formula is C40H24O2. The van der Waals surface area contributed by atoms with Gasteiger partial charge in [-0.15, -0.1) is 0 Å². The van der Waals surface area contributed by atoms with Gasteiger partial charge in [0.2, 0.25) is 0 Å². The second-order valence-electron chi connectivity index (χ2n) is 10.9. The van der Waals surface area contributed by atoms with Gasteiger partial charge in [-0.25, -0.2) is 0 Å². The Bertz CT molecular complexity index is 2380. The van der Waals surface area contributed by atoms with Crippen molar-refractivity contribution < 1.29 is 8.83 Å². The summed E-state index contributed by atoms with van der Waals surface area (Å²) in [6.45, 7) is 0. The molecule has 9 aromatic rings. The molecule has 9 rings (SSSR count). The first-order valence-corrected chi connectivity index (χ1v) is 14.3. The highest BCUT2D eigenvalue weighted by atomic mass is 16.3. The van der Waals surface area contributed by atoms with E-state index < -0.39 is 0 Å². The number of benzene rings is 7. The smallest absolute Gasteiger partial charge is 0.136 e. The normalized spacial score (nSPS) is 11.8. The van der Waals surface area contributed by atoms with Gasteiger partial charge in [-0.05, 0) is 79.2 Å². The van der Waals surface area contributed by atoms with Crippen LogP contribution in [0, 0.1) is 0 Å². The van der Waals surface area contributed by atoms with E-state index in [0.717, 1.165) is 38.5 Å². The van der Waals surface area contributed by atoms with Crippen molar-refractivity contribution in [2.24, 2.45) is 0 Å². The molecule has 7 aromatic carbocycles. The highest BCUT2D eigenvalue weighted by Crippen LogP contribution is 2.47. The zero-order valence-electron chi connectivity index (χ0n) is 22.7. The lowest BCUT2D eigenvalue weighted by molar-refractivity contribution is 0.616. The summed E-state index contributed by atoms with van der Waals surface area (Å²) in [5, 5.41) is 8.13. The molecule has 0 bridgehead atoms. The van der Waals surface area contributed by atoms with Crippen LogP contribution in [0.3, 0.4) is 0 Å². The molecule has 0 aliphatic carbocycles. The molecule has 0 radical (unpaired) electrons. The fraction of sp³-hybridized carbons (Fsp3) is 0. The lowest BCUT2D eigenvalue weighted by Crippen LogP contribution is -1.91. The van der Waals surface area contributed by atoms with Crippen LogP contribution < -0.4 is 0 Å². The molecule has 0 aliphatic rings. The first-order valence-electron chi connectivity index (χ1n) is 14.3. The standard InChI is InChI=1S/C40H24O2/c1-2-9-25(10-3-1)26-17-19-27(20-18-26)38-29-11-4-6-13-31(29)39(32-14-7-5-12-30(32)38)33-15-8-16-35-40(33)34-24-36-28(21-22-41-36)23-37(34)42-35/h1-24H. The van der Waals surface area contributed by atoms with Crippen LogP contribution in [-0.2, 0) is 0 Å². The van der Waals surface area contributed by atoms with Gasteiger partial charge in [0.15, 0.2) is 0 Å². The Balaban J connectivity index is 1.36. The second-order valence-corrected chi connectivity index (χ2v) is 10.9. The Morgan fingerprint density at radius 1 is 0.381 bits per heavy atom. The van der Waals surface area contributed by atoms with Gasteiger partial charge in [0.1, 0.15) is 16.7 Å². The third kappa shape index (κ3) is 3.39. The van der Waals surface area contributed by atoms with Gasteiger partial charge in [-0.1, -0.05) is 115 Å². The van der Waals surface area contributed by atoms with Gasteiger partial charge >= 0.3 is 0 Å². The topological polar surface area (TPSA) is 26.3 Å². The third-order valence-corrected chi connectivity index (χ3v) is 8.55. The lowest BCUT2D eigenvalue weighted by Gasteiger charge is -2.18. The highest BCUT2D eigenvalue weighted by molar-refractivity contribution is 6.26. The summed E-state index contributed by atoms with van der Waals surface area (Å²) < 4.78 is 12.2. The van der Waals surface area contributed by atoms with Crippen LogP contribution in [-0.4, -0.2) is 0 Å². The predicted octanol–water partition coefficient (Wildman–Crippen LogP) is 11.6. The molecule has 0 spiro atoms. The van der Waals surface area contributed by atoms with Gasteiger partial charge < -0.3 is 8.83 Å². The lowest BCUT2D eigenvalue weighted by atomic mass is 9.84. The fourth-order valence-corrected chi connectivity index (χ4v) is 6.68. The summed E-state index contributed by atoms with van der Waals surface area (Å²) in [6, 6.07) is 49.7. The molecule has 2 heteroatoms. The Morgan fingerprint density at radius 3 is 1.71 bits per heavy atom. The van der Waals surface area contributed by atoms with E-state index in [0.29, 0.717) is 0 Å². The molecule has 0 saturated heterocycles. The maximum absolute atomic E-state index is 6.42. The van der Waals surface area contributed by atoms with E-state index in [1.54, 1.807) is 6.26 Å². The van der Waals surface area contributed by atoms with Crippen molar-refractivity contribution in [2.45, 2.75) is 0 Å². The first kappa shape index (κ1) is 23.1. The molecule has 0 saturated carbocycles. The van der Waals surface area contributed by atoms with E-state index in [1.165, 1.54) is 49.4 Å². The fourth-order valence-electron chi connectivity index (χ4n) is 6.68. The molecule has 0 aliphatic heterocycles. The van der Waals surface area contributed by atoms with E-state index in [-0.39, 0.29) is 0 Å². The minimum atomic E-state index is 0.865. The van der Waals surface area contributed by atoms with Crippen molar-refractivity contribution in [3.63, 3.8) is 0 Å². The molecule has 2 nitrogen and oxygen atoms in total. The van der Waals surface area contributed by atoms with Crippen molar-refractivity contribution in [1.29, 1.82) is 0 Å². The van der Waals surface area contributed by atoms with E-state index in [4.69, 9.17) is 8.83 Å². The predicted molar refractivity (Wildman–Crippen MR) is 175 cm³/mol. The number of hydrogen-bond acceptors (Lipinski definition) is 2. The monoisotopic (exact) mass is 536 g/mol. The number of hydrogen-bond donors (Lipinski definition) is 0. The van der Waals surface area contributed by atoms with E-state index >= 15 is 0 Å². The summed E-state index contributed by atoms with van der Waals surface area (Å²) in [7, 11) is 0. The van der Waals surface area contributed by atoms with Gasteiger partial charge in [0.25, 0.3) is 0 Å². The van der Waals surface area contributed by atoms with Crippen LogP contribution >= 0.6 is 0 Å². The summed E-state index contributed by atoms with van der Waals surface area (Å²) in [4.78, 5) is 0. The zero-order chi connectivity index (χ0) is 27.6. The van der Waals surface area contributed by atoms with E-state index in [9.17, 15) is 0 Å². The highest BCUT2D eigenvalue weighted by Gasteiger charge is 2.20. The van der Waals surface area contributed by atoms with Crippen molar-refractivity contribution in [2.75, 3.05) is 0 Å². The molecule has 2 heterocycles. The van der Waals surface area contributed by atoms with Gasteiger partial charge in [0.05, 0.1) is 6.26 Å². The molecular weight excluding hydrogens is 512 g/mol. The quantitative estimate of drug-likeness (QED) is 0.210. The molecule has 0 N–H and O–H groups in total. The van der Waals surface area contributed by atoms with Crippen LogP contribution in [0.4, 0.5) is 0 Å². The summed E-state index contributed by atoms with van der Waals surface area (Å²) >= 11 is 0. The second kappa shape index (κ2) is 8.95. The van der Waals surface area contributed by atoms with Crippen LogP contribution in [0.1, 0.15) is 0 Å². The van der Waals surface area contributed by atoms with E-state index in [1.807, 2.05) is 6.07 Å². The Hall–Kier alpha value is -5.60. The minimum absolute atomic E-state index is 0.865. The Labute approximate surface area is 242 Å². The van der Waals surface area contributed by atoms with Crippen molar-refractivity contribution in [3.05, 3.63) is 146 Å². The van der Waals surface area contributed by atoms with Crippen molar-refractivity contribution in [1.82, 2.24) is 0 Å². The van der Waals surface area contributed by atoms with Crippen LogP contribution in [0.15, 0.2) is 155 Å². The average molecular weight is 537 g/mol. The summed E-state index contributed by atoms with van der Waals surface area (Å²) in [5.74, 6) is 0. The minimum Gasteiger partial charge on any atom is -0.464 e. The molecule has 2 aromatic heterocycles. The Kier molecular flexibility index (Phi) is 4.93. The molecule has 0 amide bonds. The molecule has 0 unspecified atom stereocenters. The molecule has 42 heavy (non-hydrogen) atoms. The SMILES string of the molecule is c1ccc(-c2ccc(-c3c4ccccc4c(-c4cccc5oc6cc7ccoc7cc6c45)c4ccccc34)cc2)cc1. The summed E-state index contributed by atoms with van der Waals surface area (Å²) in [5.41, 5.74) is 9.90. The van der Waals surface area contributed by atoms with Crippen LogP contribution in [0.5, 0.6) is 0 Å². The Morgan fingerprint density at radius 2 is 1.00 bits per heavy atom. The number of fused-ring (bicyclic) bond motifs is 6. The zero-order valence-corrected chi connectivity index (χ0v) is 22.7. The maximum atomic E-state index is 6.42. The molecule has 0 fully saturated rings. The largest absolute Gasteiger partial charge is 0.464 e. The van der Waals surface area contributed by atoms with Crippen molar-refractivity contribution in [3.8, 4) is 33.4 Å². The first-order chi connectivity index (χ1) is 20.8. The number of furan rings is 2. The van der Waals surface area contributed by atoms with E-state index in [2.05, 4.69) is 133 Å². The van der Waals surface area contributed by atoms with Gasteiger partial charge in [-0.2, -0.15) is 0 Å². The maximum Gasteiger partial charge on any atom is 0.136 e. The third-order valence-electron chi connectivity index (χ3n) is 8.55. The average Bonchev–Trinajstić information content (AvgIpc) is 3.66. The molecule has 196 valence electrons.